The Morgan fingerprint density at radius 1 is 0.547 bits per heavy atom. The maximum absolute atomic E-state index is 13.4. The molecule has 0 saturated heterocycles. The minimum atomic E-state index is -1.61. The second-order valence-electron chi connectivity index (χ2n) is 14.2. The Morgan fingerprint density at radius 2 is 0.984 bits per heavy atom. The van der Waals surface area contributed by atoms with Crippen molar-refractivity contribution in [2.45, 2.75) is 56.4 Å². The fourth-order valence-corrected chi connectivity index (χ4v) is 6.81. The summed E-state index contributed by atoms with van der Waals surface area (Å²) in [6.45, 7) is 5.93. The molecule has 0 spiro atoms. The maximum Gasteiger partial charge on any atom is 0.258 e. The molecule has 0 aliphatic rings. The summed E-state index contributed by atoms with van der Waals surface area (Å²) in [4.78, 5) is 78.1. The van der Waals surface area contributed by atoms with Crippen LogP contribution in [0.3, 0.4) is 0 Å². The summed E-state index contributed by atoms with van der Waals surface area (Å²) < 4.78 is 0. The van der Waals surface area contributed by atoms with Gasteiger partial charge in [-0.1, -0.05) is 47.5 Å². The van der Waals surface area contributed by atoms with Crippen LogP contribution in [0.15, 0.2) is 124 Å². The Labute approximate surface area is 393 Å². The number of nitrogens with zero attached hydrogens (tertiary/aromatic N) is 4. The molecular formula is C45H39Cl5N8O6. The summed E-state index contributed by atoms with van der Waals surface area (Å²) in [5.74, 6) is -4.10. The first-order valence-electron chi connectivity index (χ1n) is 19.3. The highest BCUT2D eigenvalue weighted by molar-refractivity contribution is 6.32. The standard InChI is InChI=1S/C45H39Cl5N8O6/c1-23(47)27-7-5-9-34(15-27)51-42(61)29-13-32(49)20-37(17-29)55-57-40(25(3)59)44(63)53-36-11-12-39(31(19-36)22-46)54-45(64)41(26(4)60)58-56-38-18-30(14-33(50)21-38)43(62)52-35-10-6-8-28(16-35)24(2)48/h5-21,23-24,40-41H,22H2,1-4H3,(H,51,61)(H,52,62)(H,53,63)(H,54,64). The molecule has 0 aliphatic heterocycles. The van der Waals surface area contributed by atoms with Crippen LogP contribution in [0.4, 0.5) is 34.1 Å². The number of halogens is 5. The highest BCUT2D eigenvalue weighted by Crippen LogP contribution is 2.29. The number of carbonyl (C=O) groups is 6. The molecule has 5 aromatic rings. The Hall–Kier alpha value is -6.03. The van der Waals surface area contributed by atoms with Crippen molar-refractivity contribution in [3.8, 4) is 0 Å². The van der Waals surface area contributed by atoms with Gasteiger partial charge >= 0.3 is 0 Å². The summed E-state index contributed by atoms with van der Waals surface area (Å²) in [5, 5.41) is 26.5. The second-order valence-corrected chi connectivity index (χ2v) is 16.7. The van der Waals surface area contributed by atoms with Gasteiger partial charge in [0.2, 0.25) is 12.1 Å². The largest absolute Gasteiger partial charge is 0.324 e. The van der Waals surface area contributed by atoms with Crippen LogP contribution in [-0.4, -0.2) is 47.3 Å². The topological polar surface area (TPSA) is 200 Å². The number of nitrogens with one attached hydrogen (secondary N) is 4. The Bertz CT molecular complexity index is 2670. The van der Waals surface area contributed by atoms with Crippen molar-refractivity contribution < 1.29 is 28.8 Å². The third kappa shape index (κ3) is 13.7. The average molecular weight is 965 g/mol. The van der Waals surface area contributed by atoms with Crippen molar-refractivity contribution in [2.24, 2.45) is 20.5 Å². The van der Waals surface area contributed by atoms with Crippen LogP contribution in [0.5, 0.6) is 0 Å². The molecule has 4 atom stereocenters. The number of rotatable bonds is 17. The smallest absolute Gasteiger partial charge is 0.258 e. The molecule has 4 unspecified atom stereocenters. The number of ketones is 2. The molecule has 4 amide bonds. The molecule has 330 valence electrons. The van der Waals surface area contributed by atoms with Crippen molar-refractivity contribution >= 4 is 127 Å². The summed E-state index contributed by atoms with van der Waals surface area (Å²) in [6.07, 6.45) is 0. The molecular weight excluding hydrogens is 926 g/mol. The number of benzene rings is 5. The number of amides is 4. The van der Waals surface area contributed by atoms with Gasteiger partial charge in [0.25, 0.3) is 23.6 Å². The van der Waals surface area contributed by atoms with E-state index in [9.17, 15) is 28.8 Å². The fourth-order valence-electron chi connectivity index (χ4n) is 5.86. The third-order valence-corrected chi connectivity index (χ3v) is 10.3. The highest BCUT2D eigenvalue weighted by atomic mass is 35.5. The molecule has 0 aromatic heterocycles. The number of hydrogen-bond acceptors (Lipinski definition) is 10. The van der Waals surface area contributed by atoms with Crippen LogP contribution >= 0.6 is 58.0 Å². The zero-order valence-corrected chi connectivity index (χ0v) is 38.2. The molecule has 4 N–H and O–H groups in total. The van der Waals surface area contributed by atoms with Gasteiger partial charge in [-0.15, -0.1) is 34.8 Å². The lowest BCUT2D eigenvalue weighted by molar-refractivity contribution is -0.127. The van der Waals surface area contributed by atoms with Crippen molar-refractivity contribution in [1.82, 2.24) is 0 Å². The number of anilines is 4. The Balaban J connectivity index is 1.25. The molecule has 0 saturated carbocycles. The van der Waals surface area contributed by atoms with E-state index < -0.39 is 47.3 Å². The average Bonchev–Trinajstić information content (AvgIpc) is 3.23. The van der Waals surface area contributed by atoms with E-state index in [1.54, 1.807) is 36.4 Å². The molecule has 0 radical (unpaired) electrons. The number of carbonyl (C=O) groups excluding carboxylic acids is 6. The summed E-state index contributed by atoms with van der Waals surface area (Å²) in [6, 6.07) is 23.6. The van der Waals surface area contributed by atoms with Gasteiger partial charge < -0.3 is 21.3 Å². The number of Topliss-reactive ketones (excluding diaryl/α,β-unsaturated/α-hetero) is 2. The molecule has 64 heavy (non-hydrogen) atoms. The van der Waals surface area contributed by atoms with E-state index in [0.29, 0.717) is 16.9 Å². The van der Waals surface area contributed by atoms with Gasteiger partial charge in [-0.25, -0.2) is 0 Å². The molecule has 0 aliphatic carbocycles. The zero-order chi connectivity index (χ0) is 46.7. The number of alkyl halides is 3. The zero-order valence-electron chi connectivity index (χ0n) is 34.5. The van der Waals surface area contributed by atoms with Gasteiger partial charge in [0.1, 0.15) is 0 Å². The summed E-state index contributed by atoms with van der Waals surface area (Å²) in [7, 11) is 0. The van der Waals surface area contributed by atoms with Gasteiger partial charge in [0.05, 0.1) is 22.1 Å². The monoisotopic (exact) mass is 962 g/mol. The van der Waals surface area contributed by atoms with E-state index in [2.05, 4.69) is 41.7 Å². The lowest BCUT2D eigenvalue weighted by Crippen LogP contribution is -2.32. The van der Waals surface area contributed by atoms with Gasteiger partial charge in [-0.05, 0) is 123 Å². The van der Waals surface area contributed by atoms with Crippen molar-refractivity contribution in [3.63, 3.8) is 0 Å². The first-order valence-corrected chi connectivity index (χ1v) is 21.4. The third-order valence-electron chi connectivity index (χ3n) is 9.12. The Kier molecular flexibility index (Phi) is 17.3. The van der Waals surface area contributed by atoms with Crippen molar-refractivity contribution in [2.75, 3.05) is 21.3 Å². The summed E-state index contributed by atoms with van der Waals surface area (Å²) >= 11 is 31.1. The first-order chi connectivity index (χ1) is 30.4. The van der Waals surface area contributed by atoms with Crippen LogP contribution in [0.1, 0.15) is 75.9 Å². The van der Waals surface area contributed by atoms with E-state index in [0.717, 1.165) is 25.0 Å². The van der Waals surface area contributed by atoms with Gasteiger partial charge in [0, 0.05) is 49.8 Å². The van der Waals surface area contributed by atoms with Crippen molar-refractivity contribution in [1.29, 1.82) is 0 Å². The molecule has 5 aromatic carbocycles. The van der Waals surface area contributed by atoms with Crippen molar-refractivity contribution in [3.05, 3.63) is 141 Å². The predicted octanol–water partition coefficient (Wildman–Crippen LogP) is 12.2. The molecule has 5 rings (SSSR count). The van der Waals surface area contributed by atoms with E-state index >= 15 is 0 Å². The molecule has 0 fully saturated rings. The maximum atomic E-state index is 13.4. The highest BCUT2D eigenvalue weighted by Gasteiger charge is 2.26. The minimum Gasteiger partial charge on any atom is -0.324 e. The van der Waals surface area contributed by atoms with E-state index in [4.69, 9.17) is 58.0 Å². The van der Waals surface area contributed by atoms with Crippen LogP contribution in [0.25, 0.3) is 0 Å². The summed E-state index contributed by atoms with van der Waals surface area (Å²) in [5.41, 5.74) is 3.85. The second kappa shape index (κ2) is 22.5. The van der Waals surface area contributed by atoms with Gasteiger partial charge in [-0.2, -0.15) is 20.5 Å². The lowest BCUT2D eigenvalue weighted by atomic mass is 10.1. The van der Waals surface area contributed by atoms with Crippen LogP contribution < -0.4 is 21.3 Å². The molecule has 0 bridgehead atoms. The SMILES string of the molecule is CC(=O)C(N=Nc1cc(Cl)cc(C(=O)Nc2cccc(C(C)Cl)c2)c1)C(=O)Nc1ccc(NC(=O)C(N=Nc2cc(Cl)cc(C(=O)Nc3cccc(C(C)Cl)c3)c2)C(C)=O)c(CCl)c1. The van der Waals surface area contributed by atoms with E-state index in [1.807, 2.05) is 26.0 Å². The minimum absolute atomic E-state index is 0.102. The van der Waals surface area contributed by atoms with Crippen LogP contribution in [-0.2, 0) is 25.1 Å². The van der Waals surface area contributed by atoms with Crippen LogP contribution in [0.2, 0.25) is 10.0 Å². The number of azo groups is 2. The molecule has 19 heteroatoms. The van der Waals surface area contributed by atoms with E-state index in [-0.39, 0.29) is 60.6 Å². The predicted molar refractivity (Wildman–Crippen MR) is 251 cm³/mol. The Morgan fingerprint density at radius 3 is 1.41 bits per heavy atom. The van der Waals surface area contributed by atoms with E-state index in [1.165, 1.54) is 54.6 Å². The molecule has 14 nitrogen and oxygen atoms in total. The first kappa shape index (κ1) is 49.0. The quantitative estimate of drug-likeness (QED) is 0.0406. The lowest BCUT2D eigenvalue weighted by Gasteiger charge is -2.15. The van der Waals surface area contributed by atoms with Gasteiger partial charge in [-0.3, -0.25) is 28.8 Å². The van der Waals surface area contributed by atoms with Crippen LogP contribution in [0, 0.1) is 0 Å². The molecule has 0 heterocycles. The normalized spacial score (nSPS) is 13.1. The van der Waals surface area contributed by atoms with Gasteiger partial charge in [0.15, 0.2) is 11.6 Å². The fraction of sp³-hybridized carbons (Fsp3) is 0.200. The number of hydrogen-bond donors (Lipinski definition) is 4.